The number of anilines is 1. The molecule has 1 amide bonds. The number of rotatable bonds is 7. The summed E-state index contributed by atoms with van der Waals surface area (Å²) in [5, 5.41) is 6.87. The fourth-order valence-electron chi connectivity index (χ4n) is 4.17. The van der Waals surface area contributed by atoms with Crippen LogP contribution >= 0.6 is 0 Å². The lowest BCUT2D eigenvalue weighted by atomic mass is 10.2. The van der Waals surface area contributed by atoms with Crippen molar-refractivity contribution in [3.63, 3.8) is 0 Å². The van der Waals surface area contributed by atoms with E-state index in [1.165, 1.54) is 57.3 Å². The molecule has 2 aromatic rings. The van der Waals surface area contributed by atoms with E-state index in [0.717, 1.165) is 31.6 Å². The molecule has 0 saturated carbocycles. The fourth-order valence-corrected chi connectivity index (χ4v) is 4.17. The van der Waals surface area contributed by atoms with Gasteiger partial charge in [0.2, 0.25) is 5.82 Å². The Balaban J connectivity index is 1.25. The molecule has 156 valence electrons. The minimum atomic E-state index is -0.298. The second-order valence-corrected chi connectivity index (χ2v) is 8.03. The van der Waals surface area contributed by atoms with Gasteiger partial charge in [0, 0.05) is 30.9 Å². The Morgan fingerprint density at radius 2 is 1.66 bits per heavy atom. The highest BCUT2D eigenvalue weighted by Gasteiger charge is 2.17. The summed E-state index contributed by atoms with van der Waals surface area (Å²) in [5.74, 6) is 0.180. The first kappa shape index (κ1) is 19.9. The lowest BCUT2D eigenvalue weighted by Crippen LogP contribution is -2.30. The molecular weight excluding hydrogens is 366 g/mol. The molecule has 7 heteroatoms. The van der Waals surface area contributed by atoms with Gasteiger partial charge in [-0.15, -0.1) is 0 Å². The predicted octanol–water partition coefficient (Wildman–Crippen LogP) is 3.33. The van der Waals surface area contributed by atoms with Crippen LogP contribution < -0.4 is 10.2 Å². The molecule has 29 heavy (non-hydrogen) atoms. The number of nitrogens with zero attached hydrogens (tertiary/aromatic N) is 4. The quantitative estimate of drug-likeness (QED) is 0.723. The Morgan fingerprint density at radius 1 is 0.966 bits per heavy atom. The molecule has 2 fully saturated rings. The molecule has 4 rings (SSSR count). The lowest BCUT2D eigenvalue weighted by molar-refractivity contribution is 0.0908. The van der Waals surface area contributed by atoms with Crippen LogP contribution in [0.25, 0.3) is 11.4 Å². The molecule has 2 saturated heterocycles. The summed E-state index contributed by atoms with van der Waals surface area (Å²) in [6.07, 6.45) is 8.70. The molecule has 7 nitrogen and oxygen atoms in total. The smallest absolute Gasteiger partial charge is 0.316 e. The molecule has 2 aliphatic rings. The minimum absolute atomic E-state index is 0.0263. The molecule has 0 aliphatic carbocycles. The van der Waals surface area contributed by atoms with E-state index < -0.39 is 0 Å². The number of benzene rings is 1. The summed E-state index contributed by atoms with van der Waals surface area (Å²) in [5.41, 5.74) is 2.08. The summed E-state index contributed by atoms with van der Waals surface area (Å²) in [7, 11) is 0. The van der Waals surface area contributed by atoms with E-state index in [1.807, 2.05) is 12.1 Å². The molecule has 0 bridgehead atoms. The number of hydrogen-bond acceptors (Lipinski definition) is 6. The van der Waals surface area contributed by atoms with Crippen molar-refractivity contribution in [2.24, 2.45) is 0 Å². The van der Waals surface area contributed by atoms with Gasteiger partial charge in [0.1, 0.15) is 0 Å². The number of likely N-dealkylation sites (tertiary alicyclic amines) is 1. The zero-order valence-corrected chi connectivity index (χ0v) is 17.1. The zero-order chi connectivity index (χ0) is 19.9. The van der Waals surface area contributed by atoms with E-state index in [2.05, 4.69) is 37.4 Å². The SMILES string of the molecule is O=C(NCCCN1CCCCCC1)c1nc(-c2ccc(N3CCCC3)cc2)no1. The lowest BCUT2D eigenvalue weighted by Gasteiger charge is -2.19. The van der Waals surface area contributed by atoms with Crippen LogP contribution in [0.3, 0.4) is 0 Å². The molecule has 1 N–H and O–H groups in total. The van der Waals surface area contributed by atoms with E-state index in [9.17, 15) is 4.79 Å². The fraction of sp³-hybridized carbons (Fsp3) is 0.591. The van der Waals surface area contributed by atoms with E-state index in [1.54, 1.807) is 0 Å². The standard InChI is InChI=1S/C22H31N5O2/c28-21(23-12-7-15-26-13-3-1-2-4-14-26)22-24-20(25-29-22)18-8-10-19(11-9-18)27-16-5-6-17-27/h8-11H,1-7,12-17H2,(H,23,28). The number of nitrogens with one attached hydrogen (secondary N) is 1. The summed E-state index contributed by atoms with van der Waals surface area (Å²) in [6.45, 7) is 6.23. The van der Waals surface area contributed by atoms with Crippen molar-refractivity contribution >= 4 is 11.6 Å². The highest BCUT2D eigenvalue weighted by Crippen LogP contribution is 2.24. The second kappa shape index (κ2) is 9.87. The first-order chi connectivity index (χ1) is 14.3. The van der Waals surface area contributed by atoms with Crippen molar-refractivity contribution in [1.82, 2.24) is 20.4 Å². The zero-order valence-electron chi connectivity index (χ0n) is 17.1. The Kier molecular flexibility index (Phi) is 6.77. The molecule has 0 unspecified atom stereocenters. The van der Waals surface area contributed by atoms with Crippen molar-refractivity contribution in [2.75, 3.05) is 44.2 Å². The van der Waals surface area contributed by atoms with E-state index in [0.29, 0.717) is 12.4 Å². The van der Waals surface area contributed by atoms with Crippen molar-refractivity contribution in [1.29, 1.82) is 0 Å². The number of aromatic nitrogens is 2. The third-order valence-corrected chi connectivity index (χ3v) is 5.85. The normalized spacial score (nSPS) is 18.0. The Bertz CT molecular complexity index is 775. The average Bonchev–Trinajstić information content (AvgIpc) is 3.40. The highest BCUT2D eigenvalue weighted by atomic mass is 16.5. The highest BCUT2D eigenvalue weighted by molar-refractivity contribution is 5.89. The monoisotopic (exact) mass is 397 g/mol. The maximum atomic E-state index is 12.3. The molecule has 0 atom stereocenters. The number of hydrogen-bond donors (Lipinski definition) is 1. The molecule has 1 aromatic heterocycles. The van der Waals surface area contributed by atoms with Gasteiger partial charge in [-0.2, -0.15) is 4.98 Å². The van der Waals surface area contributed by atoms with Gasteiger partial charge in [0.25, 0.3) is 0 Å². The average molecular weight is 398 g/mol. The van der Waals surface area contributed by atoms with Crippen LogP contribution in [0.15, 0.2) is 28.8 Å². The Labute approximate surface area is 172 Å². The van der Waals surface area contributed by atoms with Gasteiger partial charge in [-0.1, -0.05) is 18.0 Å². The van der Waals surface area contributed by atoms with E-state index in [4.69, 9.17) is 4.52 Å². The van der Waals surface area contributed by atoms with Crippen LogP contribution in [0.5, 0.6) is 0 Å². The number of amides is 1. The second-order valence-electron chi connectivity index (χ2n) is 8.03. The summed E-state index contributed by atoms with van der Waals surface area (Å²) in [4.78, 5) is 21.4. The van der Waals surface area contributed by atoms with Crippen LogP contribution in [0, 0.1) is 0 Å². The maximum absolute atomic E-state index is 12.3. The largest absolute Gasteiger partial charge is 0.372 e. The van der Waals surface area contributed by atoms with E-state index in [-0.39, 0.29) is 11.8 Å². The van der Waals surface area contributed by atoms with Gasteiger partial charge < -0.3 is 19.6 Å². The Morgan fingerprint density at radius 3 is 2.38 bits per heavy atom. The molecular formula is C22H31N5O2. The summed E-state index contributed by atoms with van der Waals surface area (Å²) < 4.78 is 5.18. The van der Waals surface area contributed by atoms with Crippen LogP contribution in [-0.2, 0) is 0 Å². The predicted molar refractivity (Wildman–Crippen MR) is 113 cm³/mol. The number of carbonyl (C=O) groups excluding carboxylic acids is 1. The van der Waals surface area contributed by atoms with Gasteiger partial charge in [-0.25, -0.2) is 0 Å². The molecule has 2 aliphatic heterocycles. The minimum Gasteiger partial charge on any atom is -0.372 e. The Hall–Kier alpha value is -2.41. The maximum Gasteiger partial charge on any atom is 0.316 e. The van der Waals surface area contributed by atoms with Gasteiger partial charge in [0.15, 0.2) is 0 Å². The topological polar surface area (TPSA) is 74.5 Å². The van der Waals surface area contributed by atoms with Crippen LogP contribution in [0.1, 0.15) is 55.6 Å². The number of carbonyl (C=O) groups is 1. The van der Waals surface area contributed by atoms with Crippen LogP contribution in [0.2, 0.25) is 0 Å². The molecule has 3 heterocycles. The molecule has 0 spiro atoms. The van der Waals surface area contributed by atoms with Gasteiger partial charge in [-0.05, 0) is 76.0 Å². The van der Waals surface area contributed by atoms with Crippen molar-refractivity contribution < 1.29 is 9.32 Å². The third-order valence-electron chi connectivity index (χ3n) is 5.85. The molecule has 0 radical (unpaired) electrons. The van der Waals surface area contributed by atoms with Crippen LogP contribution in [0.4, 0.5) is 5.69 Å². The van der Waals surface area contributed by atoms with Gasteiger partial charge in [-0.3, -0.25) is 4.79 Å². The van der Waals surface area contributed by atoms with Gasteiger partial charge >= 0.3 is 11.8 Å². The van der Waals surface area contributed by atoms with Crippen molar-refractivity contribution in [2.45, 2.75) is 44.9 Å². The molecule has 1 aromatic carbocycles. The third kappa shape index (κ3) is 5.35. The van der Waals surface area contributed by atoms with E-state index >= 15 is 0 Å². The van der Waals surface area contributed by atoms with Gasteiger partial charge in [0.05, 0.1) is 0 Å². The van der Waals surface area contributed by atoms with Crippen molar-refractivity contribution in [3.05, 3.63) is 30.2 Å². The summed E-state index contributed by atoms with van der Waals surface area (Å²) in [6, 6.07) is 8.14. The van der Waals surface area contributed by atoms with Crippen molar-refractivity contribution in [3.8, 4) is 11.4 Å². The van der Waals surface area contributed by atoms with Crippen LogP contribution in [-0.4, -0.2) is 60.2 Å². The summed E-state index contributed by atoms with van der Waals surface area (Å²) >= 11 is 0. The first-order valence-electron chi connectivity index (χ1n) is 11.0. The first-order valence-corrected chi connectivity index (χ1v) is 11.0.